The van der Waals surface area contributed by atoms with E-state index in [9.17, 15) is 0 Å². The van der Waals surface area contributed by atoms with Crippen LogP contribution in [0.25, 0.3) is 11.3 Å². The number of benzene rings is 1. The molecule has 0 bridgehead atoms. The van der Waals surface area contributed by atoms with Gasteiger partial charge in [-0.1, -0.05) is 0 Å². The van der Waals surface area contributed by atoms with Gasteiger partial charge in [0, 0.05) is 17.0 Å². The second kappa shape index (κ2) is 5.30. The first-order valence-electron chi connectivity index (χ1n) is 6.55. The fourth-order valence-electron chi connectivity index (χ4n) is 2.46. The van der Waals surface area contributed by atoms with E-state index in [4.69, 9.17) is 15.6 Å². The number of ether oxygens (including phenoxy) is 1. The van der Waals surface area contributed by atoms with Crippen molar-refractivity contribution in [3.8, 4) is 17.0 Å². The Morgan fingerprint density at radius 1 is 1.50 bits per heavy atom. The maximum Gasteiger partial charge on any atom is 0.180 e. The monoisotopic (exact) mass is 291 g/mol. The summed E-state index contributed by atoms with van der Waals surface area (Å²) in [7, 11) is 0. The summed E-state index contributed by atoms with van der Waals surface area (Å²) < 4.78 is 5.66. The fourth-order valence-corrected chi connectivity index (χ4v) is 3.17. The van der Waals surface area contributed by atoms with E-state index in [1.807, 2.05) is 19.1 Å². The van der Waals surface area contributed by atoms with Gasteiger partial charge in [0.25, 0.3) is 0 Å². The Morgan fingerprint density at radius 3 is 3.05 bits per heavy atom. The molecule has 106 valence electrons. The molecule has 0 atom stereocenters. The molecular weight excluding hydrogens is 274 g/mol. The Balaban J connectivity index is 2.03. The highest BCUT2D eigenvalue weighted by molar-refractivity contribution is 7.15. The lowest BCUT2D eigenvalue weighted by atomic mass is 10.1. The van der Waals surface area contributed by atoms with E-state index in [0.717, 1.165) is 34.1 Å². The molecule has 6 heteroatoms. The molecule has 1 aliphatic rings. The average molecular weight is 291 g/mol. The zero-order valence-corrected chi connectivity index (χ0v) is 12.1. The second-order valence-electron chi connectivity index (χ2n) is 4.70. The highest BCUT2D eigenvalue weighted by Crippen LogP contribution is 2.37. The van der Waals surface area contributed by atoms with Crippen molar-refractivity contribution in [1.82, 2.24) is 4.98 Å². The van der Waals surface area contributed by atoms with Gasteiger partial charge in [0.1, 0.15) is 12.4 Å². The minimum atomic E-state index is 0.131. The zero-order valence-electron chi connectivity index (χ0n) is 11.3. The van der Waals surface area contributed by atoms with Gasteiger partial charge < -0.3 is 20.5 Å². The summed E-state index contributed by atoms with van der Waals surface area (Å²) in [6.45, 7) is 4.19. The highest BCUT2D eigenvalue weighted by Gasteiger charge is 2.19. The van der Waals surface area contributed by atoms with E-state index in [-0.39, 0.29) is 6.61 Å². The van der Waals surface area contributed by atoms with Crippen LogP contribution in [-0.2, 0) is 0 Å². The number of hydrogen-bond acceptors (Lipinski definition) is 6. The third-order valence-electron chi connectivity index (χ3n) is 3.37. The molecule has 2 heterocycles. The molecular formula is C14H17N3O2S. The molecule has 0 unspecified atom stereocenters. The van der Waals surface area contributed by atoms with Crippen molar-refractivity contribution < 1.29 is 9.84 Å². The lowest BCUT2D eigenvalue weighted by molar-refractivity contribution is 0.278. The van der Waals surface area contributed by atoms with Gasteiger partial charge in [0.05, 0.1) is 24.5 Å². The number of rotatable bonds is 3. The number of β-amino-alcohol motifs (C(OH)–C–C–N with tert-alkyl or cyclic N) is 1. The first-order valence-corrected chi connectivity index (χ1v) is 7.36. The molecule has 0 saturated heterocycles. The normalized spacial score (nSPS) is 14.0. The van der Waals surface area contributed by atoms with Crippen LogP contribution in [0.2, 0.25) is 0 Å². The molecule has 20 heavy (non-hydrogen) atoms. The summed E-state index contributed by atoms with van der Waals surface area (Å²) in [5.41, 5.74) is 8.73. The minimum absolute atomic E-state index is 0.131. The number of aliphatic hydroxyl groups excluding tert-OH is 1. The van der Waals surface area contributed by atoms with Crippen LogP contribution in [0.3, 0.4) is 0 Å². The summed E-state index contributed by atoms with van der Waals surface area (Å²) >= 11 is 1.49. The van der Waals surface area contributed by atoms with Gasteiger partial charge in [-0.25, -0.2) is 4.98 Å². The van der Waals surface area contributed by atoms with Gasteiger partial charge in [0.15, 0.2) is 5.13 Å². The Labute approximate surface area is 121 Å². The minimum Gasteiger partial charge on any atom is -0.490 e. The first-order chi connectivity index (χ1) is 9.69. The summed E-state index contributed by atoms with van der Waals surface area (Å²) in [4.78, 5) is 7.62. The van der Waals surface area contributed by atoms with Crippen LogP contribution in [0.1, 0.15) is 4.88 Å². The molecule has 0 saturated carbocycles. The van der Waals surface area contributed by atoms with Crippen LogP contribution < -0.4 is 15.4 Å². The second-order valence-corrected chi connectivity index (χ2v) is 5.93. The van der Waals surface area contributed by atoms with E-state index < -0.39 is 0 Å². The van der Waals surface area contributed by atoms with Crippen molar-refractivity contribution >= 4 is 22.2 Å². The molecule has 3 rings (SSSR count). The number of aryl methyl sites for hydroxylation is 1. The molecule has 0 radical (unpaired) electrons. The fraction of sp³-hybridized carbons (Fsp3) is 0.357. The topological polar surface area (TPSA) is 71.6 Å². The molecule has 0 aliphatic carbocycles. The van der Waals surface area contributed by atoms with E-state index >= 15 is 0 Å². The van der Waals surface area contributed by atoms with Gasteiger partial charge in [-0.05, 0) is 25.1 Å². The molecule has 0 amide bonds. The largest absolute Gasteiger partial charge is 0.490 e. The van der Waals surface area contributed by atoms with Crippen LogP contribution in [0, 0.1) is 6.92 Å². The van der Waals surface area contributed by atoms with Gasteiger partial charge in [-0.15, -0.1) is 11.3 Å². The van der Waals surface area contributed by atoms with E-state index in [1.165, 1.54) is 11.3 Å². The van der Waals surface area contributed by atoms with E-state index in [0.29, 0.717) is 18.3 Å². The number of thiazole rings is 1. The number of nitrogen functional groups attached to an aromatic ring is 1. The van der Waals surface area contributed by atoms with Crippen molar-refractivity contribution in [2.45, 2.75) is 6.92 Å². The number of nitrogens with two attached hydrogens (primary N) is 1. The van der Waals surface area contributed by atoms with Gasteiger partial charge >= 0.3 is 0 Å². The summed E-state index contributed by atoms with van der Waals surface area (Å²) in [6, 6.07) is 6.03. The van der Waals surface area contributed by atoms with Crippen LogP contribution in [0.5, 0.6) is 5.75 Å². The molecule has 3 N–H and O–H groups in total. The van der Waals surface area contributed by atoms with Crippen molar-refractivity contribution in [2.24, 2.45) is 0 Å². The molecule has 0 fully saturated rings. The van der Waals surface area contributed by atoms with Crippen LogP contribution in [-0.4, -0.2) is 36.4 Å². The lowest BCUT2D eigenvalue weighted by Crippen LogP contribution is -2.34. The molecule has 2 aromatic rings. The van der Waals surface area contributed by atoms with Crippen LogP contribution in [0.4, 0.5) is 10.8 Å². The van der Waals surface area contributed by atoms with E-state index in [2.05, 4.69) is 16.0 Å². The van der Waals surface area contributed by atoms with Crippen molar-refractivity contribution in [3.63, 3.8) is 0 Å². The van der Waals surface area contributed by atoms with Crippen LogP contribution >= 0.6 is 11.3 Å². The quantitative estimate of drug-likeness (QED) is 0.903. The van der Waals surface area contributed by atoms with E-state index in [1.54, 1.807) is 0 Å². The number of hydrogen-bond donors (Lipinski definition) is 2. The predicted octanol–water partition coefficient (Wildman–Crippen LogP) is 1.89. The first kappa shape index (κ1) is 13.2. The summed E-state index contributed by atoms with van der Waals surface area (Å²) in [5.74, 6) is 0.856. The van der Waals surface area contributed by atoms with Gasteiger partial charge in [0.2, 0.25) is 0 Å². The van der Waals surface area contributed by atoms with Crippen LogP contribution in [0.15, 0.2) is 18.2 Å². The Bertz CT molecular complexity index is 627. The molecule has 5 nitrogen and oxygen atoms in total. The summed E-state index contributed by atoms with van der Waals surface area (Å²) in [6.07, 6.45) is 0. The number of anilines is 2. The number of aliphatic hydroxyl groups is 1. The van der Waals surface area contributed by atoms with Gasteiger partial charge in [-0.2, -0.15) is 0 Å². The molecule has 1 aromatic carbocycles. The molecule has 0 spiro atoms. The van der Waals surface area contributed by atoms with Crippen molar-refractivity contribution in [1.29, 1.82) is 0 Å². The zero-order chi connectivity index (χ0) is 14.1. The summed E-state index contributed by atoms with van der Waals surface area (Å²) in [5, 5.41) is 9.75. The standard InChI is InChI=1S/C14H17N3O2S/c1-9-13(16-14(15)20-9)10-2-3-12-11(8-10)17(4-6-18)5-7-19-12/h2-3,8,18H,4-7H2,1H3,(H2,15,16). The Morgan fingerprint density at radius 2 is 2.35 bits per heavy atom. The van der Waals surface area contributed by atoms with Crippen molar-refractivity contribution in [3.05, 3.63) is 23.1 Å². The SMILES string of the molecule is Cc1sc(N)nc1-c1ccc2c(c1)N(CCO)CCO2. The average Bonchev–Trinajstić information content (AvgIpc) is 2.78. The predicted molar refractivity (Wildman–Crippen MR) is 81.5 cm³/mol. The maximum atomic E-state index is 9.17. The number of aromatic nitrogens is 1. The van der Waals surface area contributed by atoms with Gasteiger partial charge in [-0.3, -0.25) is 0 Å². The maximum absolute atomic E-state index is 9.17. The highest BCUT2D eigenvalue weighted by atomic mass is 32.1. The molecule has 1 aromatic heterocycles. The number of fused-ring (bicyclic) bond motifs is 1. The Hall–Kier alpha value is -1.79. The Kier molecular flexibility index (Phi) is 3.50. The lowest BCUT2D eigenvalue weighted by Gasteiger charge is -2.31. The molecule has 1 aliphatic heterocycles. The number of nitrogens with zero attached hydrogens (tertiary/aromatic N) is 2. The third kappa shape index (κ3) is 2.32. The smallest absolute Gasteiger partial charge is 0.180 e. The van der Waals surface area contributed by atoms with Crippen molar-refractivity contribution in [2.75, 3.05) is 36.9 Å². The third-order valence-corrected chi connectivity index (χ3v) is 4.17.